The molecule has 2 bridgehead atoms. The molecule has 6 rings (SSSR count). The van der Waals surface area contributed by atoms with E-state index in [9.17, 15) is 14.0 Å². The number of carbonyl (C=O) groups is 2. The van der Waals surface area contributed by atoms with Gasteiger partial charge in [0.15, 0.2) is 5.82 Å². The molecule has 44 heavy (non-hydrogen) atoms. The first kappa shape index (κ1) is 30.2. The average molecular weight is 605 g/mol. The molecule has 0 unspecified atom stereocenters. The number of alkyl halides is 1. The van der Waals surface area contributed by atoms with Gasteiger partial charge >= 0.3 is 0 Å². The summed E-state index contributed by atoms with van der Waals surface area (Å²) in [5.41, 5.74) is 3.47. The van der Waals surface area contributed by atoms with Crippen LogP contribution in [0.3, 0.4) is 0 Å². The number of aromatic nitrogens is 3. The van der Waals surface area contributed by atoms with E-state index in [1.54, 1.807) is 0 Å². The summed E-state index contributed by atoms with van der Waals surface area (Å²) in [6.45, 7) is 7.70. The third-order valence-corrected chi connectivity index (χ3v) is 9.48. The van der Waals surface area contributed by atoms with Gasteiger partial charge in [-0.15, -0.1) is 0 Å². The molecule has 0 saturated carbocycles. The van der Waals surface area contributed by atoms with Crippen molar-refractivity contribution in [2.24, 2.45) is 12.5 Å². The second-order valence-electron chi connectivity index (χ2n) is 13.1. The highest BCUT2D eigenvalue weighted by molar-refractivity contribution is 5.98. The van der Waals surface area contributed by atoms with E-state index in [2.05, 4.69) is 44.8 Å². The lowest BCUT2D eigenvalue weighted by molar-refractivity contribution is -0.130. The molecular weight excluding hydrogens is 562 g/mol. The molecule has 234 valence electrons. The lowest BCUT2D eigenvalue weighted by atomic mass is 9.85. The third-order valence-electron chi connectivity index (χ3n) is 9.48. The molecule has 2 aliphatic rings. The first-order chi connectivity index (χ1) is 21.0. The molecular formula is C34H42F2N6O2. The number of hydrogen-bond acceptors (Lipinski definition) is 4. The molecule has 2 aliphatic heterocycles. The van der Waals surface area contributed by atoms with Crippen molar-refractivity contribution in [2.75, 3.05) is 13.1 Å². The average Bonchev–Trinajstić information content (AvgIpc) is 3.51. The minimum Gasteiger partial charge on any atom is -0.349 e. The van der Waals surface area contributed by atoms with Crippen molar-refractivity contribution in [2.45, 2.75) is 84.1 Å². The Labute approximate surface area is 256 Å². The summed E-state index contributed by atoms with van der Waals surface area (Å²) in [6.07, 6.45) is 4.01. The number of hydrogen-bond donors (Lipinski definition) is 3. The number of piperidine rings is 1. The predicted molar refractivity (Wildman–Crippen MR) is 169 cm³/mol. The lowest BCUT2D eigenvalue weighted by Gasteiger charge is -2.27. The Kier molecular flexibility index (Phi) is 8.22. The highest BCUT2D eigenvalue weighted by Crippen LogP contribution is 2.34. The number of nitrogens with zero attached hydrogens (tertiary/aromatic N) is 3. The van der Waals surface area contributed by atoms with Crippen LogP contribution in [0.25, 0.3) is 33.5 Å². The SMILES string of the molecule is C[C@H]1NC(=O)C(C)(C)CCCCCCn2c(-c3nc4cc(C(=O)N[C@H]5CNCC[C@@H]5F)c(F)cc4n3C)cc3ccc1cc32. The molecule has 4 heterocycles. The summed E-state index contributed by atoms with van der Waals surface area (Å²) in [4.78, 5) is 31.0. The van der Waals surface area contributed by atoms with Gasteiger partial charge in [-0.3, -0.25) is 9.59 Å². The van der Waals surface area contributed by atoms with Gasteiger partial charge in [0.2, 0.25) is 5.91 Å². The Balaban J connectivity index is 1.38. The molecule has 2 aromatic carbocycles. The monoisotopic (exact) mass is 604 g/mol. The van der Waals surface area contributed by atoms with E-state index in [4.69, 9.17) is 4.98 Å². The van der Waals surface area contributed by atoms with Gasteiger partial charge in [0, 0.05) is 42.5 Å². The fraction of sp³-hybridized carbons (Fsp3) is 0.500. The van der Waals surface area contributed by atoms with Crippen LogP contribution in [-0.4, -0.2) is 51.2 Å². The van der Waals surface area contributed by atoms with Crippen LogP contribution in [0.5, 0.6) is 0 Å². The van der Waals surface area contributed by atoms with Crippen molar-refractivity contribution >= 4 is 33.8 Å². The largest absolute Gasteiger partial charge is 0.349 e. The van der Waals surface area contributed by atoms with Crippen molar-refractivity contribution in [3.63, 3.8) is 0 Å². The Morgan fingerprint density at radius 3 is 2.68 bits per heavy atom. The smallest absolute Gasteiger partial charge is 0.254 e. The molecule has 0 radical (unpaired) electrons. The fourth-order valence-electron chi connectivity index (χ4n) is 6.58. The quantitative estimate of drug-likeness (QED) is 0.270. The minimum atomic E-state index is -1.18. The third kappa shape index (κ3) is 5.72. The van der Waals surface area contributed by atoms with Crippen LogP contribution in [0.4, 0.5) is 8.78 Å². The van der Waals surface area contributed by atoms with Gasteiger partial charge in [-0.1, -0.05) is 45.2 Å². The van der Waals surface area contributed by atoms with Gasteiger partial charge in [-0.2, -0.15) is 0 Å². The van der Waals surface area contributed by atoms with Gasteiger partial charge < -0.3 is 25.1 Å². The molecule has 3 atom stereocenters. The first-order valence-corrected chi connectivity index (χ1v) is 15.8. The zero-order valence-electron chi connectivity index (χ0n) is 26.0. The Hall–Kier alpha value is -3.79. The van der Waals surface area contributed by atoms with E-state index < -0.39 is 29.4 Å². The standard InChI is InChI=1S/C34H42F2N6O2/c1-20-21-9-10-22-16-30(42(28(22)15-21)14-8-6-5-7-12-34(2,3)33(44)38-20)31-39-26-17-23(25(36)18-29(26)41(31)4)32(43)40-27-19-37-13-11-24(27)35/h9-10,15-18,20,24,27,37H,5-8,11-14,19H2,1-4H3,(H,38,44)(H,40,43)/t20-,24+,27+/m1/s1. The number of benzene rings is 2. The van der Waals surface area contributed by atoms with Gasteiger partial charge in [-0.05, 0) is 56.5 Å². The zero-order chi connectivity index (χ0) is 31.2. The van der Waals surface area contributed by atoms with Gasteiger partial charge in [0.05, 0.1) is 34.4 Å². The van der Waals surface area contributed by atoms with E-state index >= 15 is 4.39 Å². The molecule has 0 spiro atoms. The highest BCUT2D eigenvalue weighted by atomic mass is 19.1. The summed E-state index contributed by atoms with van der Waals surface area (Å²) in [6, 6.07) is 10.3. The van der Waals surface area contributed by atoms with Gasteiger partial charge in [-0.25, -0.2) is 13.8 Å². The summed E-state index contributed by atoms with van der Waals surface area (Å²) < 4.78 is 33.8. The normalized spacial score (nSPS) is 23.0. The zero-order valence-corrected chi connectivity index (χ0v) is 26.0. The summed E-state index contributed by atoms with van der Waals surface area (Å²) >= 11 is 0. The second kappa shape index (κ2) is 12.0. The van der Waals surface area contributed by atoms with Crippen LogP contribution >= 0.6 is 0 Å². The van der Waals surface area contributed by atoms with Crippen molar-refractivity contribution in [1.29, 1.82) is 0 Å². The predicted octanol–water partition coefficient (Wildman–Crippen LogP) is 5.93. The lowest BCUT2D eigenvalue weighted by Crippen LogP contribution is -2.52. The maximum absolute atomic E-state index is 15.3. The van der Waals surface area contributed by atoms with Crippen LogP contribution in [0.15, 0.2) is 36.4 Å². The van der Waals surface area contributed by atoms with Crippen LogP contribution < -0.4 is 16.0 Å². The summed E-state index contributed by atoms with van der Waals surface area (Å²) in [5.74, 6) is -0.584. The first-order valence-electron chi connectivity index (χ1n) is 15.8. The number of rotatable bonds is 3. The van der Waals surface area contributed by atoms with E-state index in [1.807, 2.05) is 32.4 Å². The number of imidazole rings is 1. The molecule has 1 saturated heterocycles. The molecule has 1 fully saturated rings. The highest BCUT2D eigenvalue weighted by Gasteiger charge is 2.30. The van der Waals surface area contributed by atoms with Crippen molar-refractivity contribution < 1.29 is 18.4 Å². The maximum atomic E-state index is 15.3. The Morgan fingerprint density at radius 1 is 1.09 bits per heavy atom. The number of nitrogens with one attached hydrogen (secondary N) is 3. The van der Waals surface area contributed by atoms with Crippen LogP contribution in [0.1, 0.15) is 81.3 Å². The molecule has 8 nitrogen and oxygen atoms in total. The number of amides is 2. The molecule has 10 heteroatoms. The molecule has 4 aromatic rings. The van der Waals surface area contributed by atoms with Crippen molar-refractivity contribution in [3.05, 3.63) is 53.3 Å². The number of aryl methyl sites for hydroxylation is 2. The van der Waals surface area contributed by atoms with E-state index in [0.717, 1.165) is 60.8 Å². The topological polar surface area (TPSA) is 93.0 Å². The Morgan fingerprint density at radius 2 is 1.89 bits per heavy atom. The summed E-state index contributed by atoms with van der Waals surface area (Å²) in [5, 5.41) is 10.0. The van der Waals surface area contributed by atoms with Crippen molar-refractivity contribution in [1.82, 2.24) is 30.1 Å². The molecule has 0 aliphatic carbocycles. The van der Waals surface area contributed by atoms with Crippen LogP contribution in [0.2, 0.25) is 0 Å². The number of carbonyl (C=O) groups excluding carboxylic acids is 2. The van der Waals surface area contributed by atoms with E-state index in [-0.39, 0.29) is 17.5 Å². The van der Waals surface area contributed by atoms with Crippen molar-refractivity contribution in [3.8, 4) is 11.5 Å². The van der Waals surface area contributed by atoms with Gasteiger partial charge in [0.1, 0.15) is 12.0 Å². The molecule has 2 amide bonds. The van der Waals surface area contributed by atoms with Gasteiger partial charge in [0.25, 0.3) is 5.91 Å². The molecule has 3 N–H and O–H groups in total. The van der Waals surface area contributed by atoms with E-state index in [0.29, 0.717) is 36.4 Å². The summed E-state index contributed by atoms with van der Waals surface area (Å²) in [7, 11) is 1.85. The van der Waals surface area contributed by atoms with Crippen LogP contribution in [0, 0.1) is 11.2 Å². The number of fused-ring (bicyclic) bond motifs is 2. The Bertz CT molecular complexity index is 1720. The second-order valence-corrected chi connectivity index (χ2v) is 13.1. The molecule has 2 aromatic heterocycles. The fourth-order valence-corrected chi connectivity index (χ4v) is 6.58. The van der Waals surface area contributed by atoms with Crippen LogP contribution in [-0.2, 0) is 18.4 Å². The maximum Gasteiger partial charge on any atom is 0.254 e. The van der Waals surface area contributed by atoms with E-state index in [1.165, 1.54) is 12.1 Å². The number of halogens is 2. The minimum absolute atomic E-state index is 0.0677.